The summed E-state index contributed by atoms with van der Waals surface area (Å²) in [5.74, 6) is 0.00498. The molecule has 0 saturated heterocycles. The highest BCUT2D eigenvalue weighted by Gasteiger charge is 2.59. The number of aliphatic hydroxyl groups excluding tert-OH is 1. The maximum atomic E-state index is 12.0. The van der Waals surface area contributed by atoms with E-state index < -0.39 is 18.3 Å². The van der Waals surface area contributed by atoms with Crippen LogP contribution in [0.3, 0.4) is 0 Å². The Hall–Kier alpha value is -1.62. The summed E-state index contributed by atoms with van der Waals surface area (Å²) in [6, 6.07) is 0. The number of carbonyl (C=O) groups is 2. The minimum atomic E-state index is -0.539. The van der Waals surface area contributed by atoms with Crippen molar-refractivity contribution in [2.75, 3.05) is 0 Å². The van der Waals surface area contributed by atoms with Crippen molar-refractivity contribution in [1.82, 2.24) is 0 Å². The Kier molecular flexibility index (Phi) is 6.28. The Labute approximate surface area is 174 Å². The average molecular weight is 405 g/mol. The summed E-state index contributed by atoms with van der Waals surface area (Å²) in [4.78, 5) is 24.0. The van der Waals surface area contributed by atoms with Crippen LogP contribution < -0.4 is 0 Å². The first-order chi connectivity index (χ1) is 13.6. The van der Waals surface area contributed by atoms with Crippen LogP contribution in [0.5, 0.6) is 0 Å². The molecule has 29 heavy (non-hydrogen) atoms. The maximum absolute atomic E-state index is 12.0. The number of esters is 2. The lowest BCUT2D eigenvalue weighted by molar-refractivity contribution is -0.177. The van der Waals surface area contributed by atoms with Gasteiger partial charge < -0.3 is 14.6 Å². The van der Waals surface area contributed by atoms with Crippen molar-refractivity contribution in [3.8, 4) is 0 Å². The fraction of sp³-hybridized carbons (Fsp3) is 0.750. The van der Waals surface area contributed by atoms with Gasteiger partial charge in [-0.3, -0.25) is 9.59 Å². The van der Waals surface area contributed by atoms with Crippen molar-refractivity contribution in [1.29, 1.82) is 0 Å². The number of ether oxygens (including phenoxy) is 2. The summed E-state index contributed by atoms with van der Waals surface area (Å²) >= 11 is 0. The van der Waals surface area contributed by atoms with Crippen molar-refractivity contribution in [3.05, 3.63) is 23.3 Å². The Morgan fingerprint density at radius 3 is 2.38 bits per heavy atom. The molecule has 0 heterocycles. The summed E-state index contributed by atoms with van der Waals surface area (Å²) in [6.45, 7) is 13.6. The summed E-state index contributed by atoms with van der Waals surface area (Å²) in [7, 11) is 0. The predicted molar refractivity (Wildman–Crippen MR) is 111 cm³/mol. The first kappa shape index (κ1) is 22.1. The van der Waals surface area contributed by atoms with E-state index in [0.717, 1.165) is 49.7 Å². The van der Waals surface area contributed by atoms with Crippen LogP contribution in [0.2, 0.25) is 0 Å². The molecule has 0 aromatic heterocycles. The van der Waals surface area contributed by atoms with E-state index in [0.29, 0.717) is 5.92 Å². The Morgan fingerprint density at radius 1 is 1.10 bits per heavy atom. The lowest BCUT2D eigenvalue weighted by atomic mass is 9.61. The Morgan fingerprint density at radius 2 is 1.76 bits per heavy atom. The van der Waals surface area contributed by atoms with Gasteiger partial charge in [-0.05, 0) is 74.3 Å². The predicted octanol–water partition coefficient (Wildman–Crippen LogP) is 4.34. The minimum Gasteiger partial charge on any atom is -0.458 e. The average Bonchev–Trinajstić information content (AvgIpc) is 2.99. The molecule has 0 unspecified atom stereocenters. The van der Waals surface area contributed by atoms with Crippen LogP contribution in [0.4, 0.5) is 0 Å². The topological polar surface area (TPSA) is 72.8 Å². The number of carbonyl (C=O) groups excluding carboxylic acids is 2. The van der Waals surface area contributed by atoms with Gasteiger partial charge in [0.2, 0.25) is 0 Å². The van der Waals surface area contributed by atoms with Gasteiger partial charge in [0.1, 0.15) is 6.10 Å². The molecule has 5 nitrogen and oxygen atoms in total. The zero-order valence-corrected chi connectivity index (χ0v) is 18.5. The molecule has 0 aliphatic heterocycles. The van der Waals surface area contributed by atoms with Crippen molar-refractivity contribution in [2.45, 2.75) is 91.5 Å². The second-order valence-corrected chi connectivity index (χ2v) is 9.71. The molecule has 0 aromatic carbocycles. The molecule has 162 valence electrons. The van der Waals surface area contributed by atoms with Crippen LogP contribution in [0.25, 0.3) is 0 Å². The van der Waals surface area contributed by atoms with Crippen molar-refractivity contribution < 1.29 is 24.2 Å². The second kappa shape index (κ2) is 8.25. The minimum absolute atomic E-state index is 0.129. The number of allylic oxidation sites excluding steroid dienone is 1. The quantitative estimate of drug-likeness (QED) is 0.547. The van der Waals surface area contributed by atoms with Gasteiger partial charge in [-0.15, -0.1) is 0 Å². The number of hydrogen-bond acceptors (Lipinski definition) is 5. The Bertz CT molecular complexity index is 723. The molecule has 0 spiro atoms. The van der Waals surface area contributed by atoms with Gasteiger partial charge in [0.15, 0.2) is 6.10 Å². The molecule has 7 atom stereocenters. The van der Waals surface area contributed by atoms with E-state index in [4.69, 9.17) is 9.47 Å². The zero-order chi connectivity index (χ0) is 21.5. The third-order valence-corrected chi connectivity index (χ3v) is 7.68. The first-order valence-corrected chi connectivity index (χ1v) is 11.0. The van der Waals surface area contributed by atoms with E-state index in [-0.39, 0.29) is 29.2 Å². The summed E-state index contributed by atoms with van der Waals surface area (Å²) in [5.41, 5.74) is 2.87. The van der Waals surface area contributed by atoms with Crippen molar-refractivity contribution in [2.24, 2.45) is 23.2 Å². The molecule has 0 aromatic rings. The zero-order valence-electron chi connectivity index (χ0n) is 18.5. The fourth-order valence-corrected chi connectivity index (χ4v) is 6.16. The third-order valence-electron chi connectivity index (χ3n) is 7.68. The molecule has 3 aliphatic carbocycles. The molecule has 0 amide bonds. The highest BCUT2D eigenvalue weighted by Crippen LogP contribution is 2.60. The smallest absolute Gasteiger partial charge is 0.303 e. The van der Waals surface area contributed by atoms with Crippen LogP contribution in [0.1, 0.15) is 73.1 Å². The van der Waals surface area contributed by atoms with Gasteiger partial charge in [0.25, 0.3) is 0 Å². The van der Waals surface area contributed by atoms with Crippen LogP contribution in [-0.2, 0) is 19.1 Å². The molecule has 1 saturated carbocycles. The third kappa shape index (κ3) is 4.03. The molecule has 2 bridgehead atoms. The van der Waals surface area contributed by atoms with Crippen LogP contribution in [-0.4, -0.2) is 35.4 Å². The van der Waals surface area contributed by atoms with Gasteiger partial charge in [0, 0.05) is 19.3 Å². The molecule has 1 fully saturated rings. The summed E-state index contributed by atoms with van der Waals surface area (Å²) in [5, 5.41) is 10.8. The van der Waals surface area contributed by atoms with Gasteiger partial charge in [-0.2, -0.15) is 0 Å². The normalized spacial score (nSPS) is 40.3. The fourth-order valence-electron chi connectivity index (χ4n) is 6.16. The van der Waals surface area contributed by atoms with E-state index in [1.807, 2.05) is 0 Å². The second-order valence-electron chi connectivity index (χ2n) is 9.71. The van der Waals surface area contributed by atoms with Gasteiger partial charge in [0.05, 0.1) is 6.10 Å². The van der Waals surface area contributed by atoms with E-state index in [9.17, 15) is 14.7 Å². The molecule has 5 heteroatoms. The van der Waals surface area contributed by atoms with E-state index in [2.05, 4.69) is 27.4 Å². The van der Waals surface area contributed by atoms with Crippen molar-refractivity contribution in [3.63, 3.8) is 0 Å². The lowest BCUT2D eigenvalue weighted by Crippen LogP contribution is -2.53. The van der Waals surface area contributed by atoms with Gasteiger partial charge in [-0.1, -0.05) is 26.0 Å². The van der Waals surface area contributed by atoms with E-state index >= 15 is 0 Å². The van der Waals surface area contributed by atoms with E-state index in [1.165, 1.54) is 19.4 Å². The maximum Gasteiger partial charge on any atom is 0.303 e. The summed E-state index contributed by atoms with van der Waals surface area (Å²) in [6.07, 6.45) is 3.60. The standard InChI is InChI=1S/C24H36O5/c1-13-7-9-19-15(3)21-18(14(2)20(27)10-8-13)11-12-24(21,6)23(29-17(5)26)22(19)28-16(4)25/h13,18,20-23,27H,2,7-12H2,1,3-6H3/t13-,18+,20-,21-,22-,23+,24+/m1/s1. The largest absolute Gasteiger partial charge is 0.458 e. The lowest BCUT2D eigenvalue weighted by Gasteiger charge is -2.49. The Balaban J connectivity index is 2.15. The number of rotatable bonds is 2. The van der Waals surface area contributed by atoms with E-state index in [1.54, 1.807) is 0 Å². The number of aliphatic hydroxyl groups is 1. The van der Waals surface area contributed by atoms with Gasteiger partial charge >= 0.3 is 11.9 Å². The van der Waals surface area contributed by atoms with Crippen LogP contribution in [0, 0.1) is 23.2 Å². The molecule has 3 aliphatic rings. The molecule has 3 rings (SSSR count). The molecule has 1 N–H and O–H groups in total. The van der Waals surface area contributed by atoms with Gasteiger partial charge in [-0.25, -0.2) is 0 Å². The molecular formula is C24H36O5. The van der Waals surface area contributed by atoms with Crippen molar-refractivity contribution >= 4 is 11.9 Å². The number of hydrogen-bond donors (Lipinski definition) is 1. The highest BCUT2D eigenvalue weighted by atomic mass is 16.6. The van der Waals surface area contributed by atoms with Crippen LogP contribution in [0.15, 0.2) is 23.3 Å². The summed E-state index contributed by atoms with van der Waals surface area (Å²) < 4.78 is 11.7. The van der Waals surface area contributed by atoms with Crippen LogP contribution >= 0.6 is 0 Å². The molecule has 0 radical (unpaired) electrons. The monoisotopic (exact) mass is 404 g/mol. The highest BCUT2D eigenvalue weighted by molar-refractivity contribution is 5.68. The first-order valence-electron chi connectivity index (χ1n) is 11.0. The molecular weight excluding hydrogens is 368 g/mol. The SMILES string of the molecule is C=C1[C@H](O)CC[C@H](C)CCC2=C(C)[C@@H]3[C@H]1CC[C@]3(C)[C@@H](OC(C)=O)[C@@H]2OC(C)=O.